The summed E-state index contributed by atoms with van der Waals surface area (Å²) in [5.74, 6) is 0. The first kappa shape index (κ1) is 13.8. The van der Waals surface area contributed by atoms with Crippen LogP contribution in [0.2, 0.25) is 0 Å². The molecule has 0 aliphatic carbocycles. The van der Waals surface area contributed by atoms with Gasteiger partial charge in [-0.05, 0) is 42.8 Å². The van der Waals surface area contributed by atoms with Crippen molar-refractivity contribution in [2.24, 2.45) is 0 Å². The number of hydrogen-bond acceptors (Lipinski definition) is 5. The summed E-state index contributed by atoms with van der Waals surface area (Å²) in [6.07, 6.45) is 1.69. The quantitative estimate of drug-likeness (QED) is 0.722. The summed E-state index contributed by atoms with van der Waals surface area (Å²) in [6, 6.07) is 15.3. The molecule has 0 aliphatic rings. The van der Waals surface area contributed by atoms with E-state index in [1.54, 1.807) is 18.3 Å². The number of fused-ring (bicyclic) bond motifs is 1. The fourth-order valence-corrected chi connectivity index (χ4v) is 2.38. The van der Waals surface area contributed by atoms with Gasteiger partial charge in [-0.1, -0.05) is 12.1 Å². The van der Waals surface area contributed by atoms with Crippen LogP contribution in [0.3, 0.4) is 0 Å². The first-order valence-electron chi connectivity index (χ1n) is 6.95. The van der Waals surface area contributed by atoms with Crippen LogP contribution in [0.4, 0.5) is 11.4 Å². The second kappa shape index (κ2) is 5.70. The maximum atomic E-state index is 9.00. The molecule has 0 fully saturated rings. The van der Waals surface area contributed by atoms with E-state index in [1.807, 2.05) is 37.3 Å². The van der Waals surface area contributed by atoms with E-state index in [0.29, 0.717) is 11.3 Å². The van der Waals surface area contributed by atoms with Crippen molar-refractivity contribution in [1.82, 2.24) is 10.2 Å². The van der Waals surface area contributed by atoms with Gasteiger partial charge in [0, 0.05) is 17.1 Å². The molecule has 3 rings (SSSR count). The minimum Gasteiger partial charge on any atom is -0.399 e. The average molecular weight is 289 g/mol. The van der Waals surface area contributed by atoms with Gasteiger partial charge in [-0.15, -0.1) is 0 Å². The highest BCUT2D eigenvalue weighted by molar-refractivity contribution is 5.92. The lowest BCUT2D eigenvalue weighted by atomic mass is 10.0. The molecule has 3 N–H and O–H groups in total. The SMILES string of the molecule is C[C@@H](Nc1cnnc2ccc(N)cc12)c1cccc(C#N)c1. The Kier molecular flexibility index (Phi) is 3.58. The first-order valence-corrected chi connectivity index (χ1v) is 6.95. The van der Waals surface area contributed by atoms with Crippen molar-refractivity contribution >= 4 is 22.3 Å². The van der Waals surface area contributed by atoms with Gasteiger partial charge < -0.3 is 11.1 Å². The molecule has 22 heavy (non-hydrogen) atoms. The van der Waals surface area contributed by atoms with Crippen molar-refractivity contribution in [1.29, 1.82) is 5.26 Å². The molecule has 1 aromatic heterocycles. The molecule has 0 saturated heterocycles. The summed E-state index contributed by atoms with van der Waals surface area (Å²) in [7, 11) is 0. The molecule has 2 aromatic carbocycles. The van der Waals surface area contributed by atoms with Crippen LogP contribution in [-0.4, -0.2) is 10.2 Å². The topological polar surface area (TPSA) is 87.6 Å². The van der Waals surface area contributed by atoms with Gasteiger partial charge in [0.15, 0.2) is 0 Å². The monoisotopic (exact) mass is 289 g/mol. The van der Waals surface area contributed by atoms with E-state index in [1.165, 1.54) is 0 Å². The minimum absolute atomic E-state index is 0.0298. The molecule has 0 aliphatic heterocycles. The van der Waals surface area contributed by atoms with E-state index >= 15 is 0 Å². The van der Waals surface area contributed by atoms with Crippen LogP contribution in [0.25, 0.3) is 10.9 Å². The van der Waals surface area contributed by atoms with Gasteiger partial charge in [-0.3, -0.25) is 0 Å². The van der Waals surface area contributed by atoms with Crippen molar-refractivity contribution in [3.63, 3.8) is 0 Å². The minimum atomic E-state index is 0.0298. The predicted molar refractivity (Wildman–Crippen MR) is 87.1 cm³/mol. The molecule has 1 atom stereocenters. The highest BCUT2D eigenvalue weighted by Gasteiger charge is 2.09. The molecule has 0 radical (unpaired) electrons. The second-order valence-corrected chi connectivity index (χ2v) is 5.14. The molecule has 108 valence electrons. The van der Waals surface area contributed by atoms with Gasteiger partial charge >= 0.3 is 0 Å². The molecule has 5 nitrogen and oxygen atoms in total. The van der Waals surface area contributed by atoms with E-state index in [9.17, 15) is 0 Å². The van der Waals surface area contributed by atoms with E-state index in [4.69, 9.17) is 11.0 Å². The van der Waals surface area contributed by atoms with Gasteiger partial charge in [0.1, 0.15) is 0 Å². The number of nitrogen functional groups attached to an aromatic ring is 1. The van der Waals surface area contributed by atoms with E-state index in [-0.39, 0.29) is 6.04 Å². The van der Waals surface area contributed by atoms with Crippen molar-refractivity contribution in [2.75, 3.05) is 11.1 Å². The molecule has 1 heterocycles. The molecule has 0 spiro atoms. The number of nitrogens with one attached hydrogen (secondary N) is 1. The summed E-state index contributed by atoms with van der Waals surface area (Å²) in [4.78, 5) is 0. The Labute approximate surface area is 128 Å². The van der Waals surface area contributed by atoms with Gasteiger partial charge in [0.25, 0.3) is 0 Å². The third kappa shape index (κ3) is 2.67. The van der Waals surface area contributed by atoms with Gasteiger partial charge in [-0.25, -0.2) is 0 Å². The number of nitriles is 1. The lowest BCUT2D eigenvalue weighted by molar-refractivity contribution is 0.882. The van der Waals surface area contributed by atoms with Crippen molar-refractivity contribution in [3.05, 3.63) is 59.8 Å². The van der Waals surface area contributed by atoms with Crippen LogP contribution in [-0.2, 0) is 0 Å². The fourth-order valence-electron chi connectivity index (χ4n) is 2.38. The van der Waals surface area contributed by atoms with Gasteiger partial charge in [-0.2, -0.15) is 15.5 Å². The van der Waals surface area contributed by atoms with E-state index < -0.39 is 0 Å². The Hall–Kier alpha value is -3.13. The van der Waals surface area contributed by atoms with Crippen LogP contribution >= 0.6 is 0 Å². The number of nitrogens with two attached hydrogens (primary N) is 1. The first-order chi connectivity index (χ1) is 10.7. The van der Waals surface area contributed by atoms with Crippen molar-refractivity contribution in [3.8, 4) is 6.07 Å². The number of nitrogens with zero attached hydrogens (tertiary/aromatic N) is 3. The lowest BCUT2D eigenvalue weighted by Crippen LogP contribution is -2.08. The lowest BCUT2D eigenvalue weighted by Gasteiger charge is -2.17. The third-order valence-corrected chi connectivity index (χ3v) is 3.55. The zero-order valence-electron chi connectivity index (χ0n) is 12.1. The summed E-state index contributed by atoms with van der Waals surface area (Å²) < 4.78 is 0. The Balaban J connectivity index is 1.95. The summed E-state index contributed by atoms with van der Waals surface area (Å²) >= 11 is 0. The maximum absolute atomic E-state index is 9.00. The molecule has 0 unspecified atom stereocenters. The average Bonchev–Trinajstić information content (AvgIpc) is 2.55. The highest BCUT2D eigenvalue weighted by atomic mass is 15.1. The number of rotatable bonds is 3. The molecular formula is C17H15N5. The molecule has 5 heteroatoms. The second-order valence-electron chi connectivity index (χ2n) is 5.14. The number of hydrogen-bond donors (Lipinski definition) is 2. The van der Waals surface area contributed by atoms with Crippen molar-refractivity contribution in [2.45, 2.75) is 13.0 Å². The number of aromatic nitrogens is 2. The Bertz CT molecular complexity index is 866. The van der Waals surface area contributed by atoms with E-state index in [2.05, 4.69) is 21.6 Å². The number of benzene rings is 2. The molecule has 0 bridgehead atoms. The summed E-state index contributed by atoms with van der Waals surface area (Å²) in [5.41, 5.74) is 9.88. The Morgan fingerprint density at radius 2 is 2.09 bits per heavy atom. The Morgan fingerprint density at radius 1 is 1.23 bits per heavy atom. The smallest absolute Gasteiger partial charge is 0.0991 e. The Morgan fingerprint density at radius 3 is 2.91 bits per heavy atom. The number of anilines is 2. The van der Waals surface area contributed by atoms with Crippen LogP contribution < -0.4 is 11.1 Å². The van der Waals surface area contributed by atoms with Crippen LogP contribution in [0.15, 0.2) is 48.7 Å². The van der Waals surface area contributed by atoms with Crippen molar-refractivity contribution < 1.29 is 0 Å². The summed E-state index contributed by atoms with van der Waals surface area (Å²) in [5, 5.41) is 21.5. The van der Waals surface area contributed by atoms with Gasteiger partial charge in [0.2, 0.25) is 0 Å². The molecule has 0 saturated carbocycles. The van der Waals surface area contributed by atoms with Crippen LogP contribution in [0.1, 0.15) is 24.1 Å². The largest absolute Gasteiger partial charge is 0.399 e. The predicted octanol–water partition coefficient (Wildman–Crippen LogP) is 3.26. The van der Waals surface area contributed by atoms with Gasteiger partial charge in [0.05, 0.1) is 29.0 Å². The standard InChI is InChI=1S/C17H15N5/c1-11(13-4-2-3-12(7-13)9-18)21-17-10-20-22-16-6-5-14(19)8-15(16)17/h2-8,10-11H,19H2,1H3,(H,21,22)/t11-/m1/s1. The third-order valence-electron chi connectivity index (χ3n) is 3.55. The fraction of sp³-hybridized carbons (Fsp3) is 0.118. The zero-order valence-corrected chi connectivity index (χ0v) is 12.1. The van der Waals surface area contributed by atoms with Crippen LogP contribution in [0, 0.1) is 11.3 Å². The van der Waals surface area contributed by atoms with E-state index in [0.717, 1.165) is 22.2 Å². The molecule has 3 aromatic rings. The normalized spacial score (nSPS) is 11.8. The molecule has 0 amide bonds. The summed E-state index contributed by atoms with van der Waals surface area (Å²) in [6.45, 7) is 2.04. The zero-order chi connectivity index (χ0) is 15.5. The maximum Gasteiger partial charge on any atom is 0.0991 e. The highest BCUT2D eigenvalue weighted by Crippen LogP contribution is 2.26. The molecular weight excluding hydrogens is 274 g/mol. The van der Waals surface area contributed by atoms with Crippen LogP contribution in [0.5, 0.6) is 0 Å².